The van der Waals surface area contributed by atoms with E-state index < -0.39 is 16.0 Å². The normalized spacial score (nSPS) is 11.0. The number of nitrogens with one attached hydrogen (secondary N) is 1. The number of nitrogens with zero attached hydrogens (tertiary/aromatic N) is 1. The smallest absolute Gasteiger partial charge is 0.338 e. The second-order valence-electron chi connectivity index (χ2n) is 4.21. The summed E-state index contributed by atoms with van der Waals surface area (Å²) in [4.78, 5) is 15.6. The Hall–Kier alpha value is -2.12. The van der Waals surface area contributed by atoms with E-state index in [1.54, 1.807) is 6.92 Å². The van der Waals surface area contributed by atoms with Crippen molar-refractivity contribution >= 4 is 33.4 Å². The van der Waals surface area contributed by atoms with E-state index in [-0.39, 0.29) is 22.9 Å². The fourth-order valence-electron chi connectivity index (χ4n) is 1.64. The summed E-state index contributed by atoms with van der Waals surface area (Å²) in [5, 5.41) is 0.432. The van der Waals surface area contributed by atoms with Gasteiger partial charge in [0.2, 0.25) is 0 Å². The van der Waals surface area contributed by atoms with Gasteiger partial charge in [0.05, 0.1) is 17.1 Å². The van der Waals surface area contributed by atoms with Gasteiger partial charge in [0.15, 0.2) is 0 Å². The second-order valence-corrected chi connectivity index (χ2v) is 6.33. The molecule has 1 N–H and O–H groups in total. The monoisotopic (exact) mass is 340 g/mol. The van der Waals surface area contributed by atoms with Crippen LogP contribution in [0, 0.1) is 0 Å². The number of halogens is 1. The number of benzene rings is 1. The first-order valence-electron chi connectivity index (χ1n) is 6.34. The molecule has 0 saturated heterocycles. The molecule has 0 saturated carbocycles. The molecule has 0 fully saturated rings. The van der Waals surface area contributed by atoms with Crippen molar-refractivity contribution in [2.75, 3.05) is 11.3 Å². The Morgan fingerprint density at radius 3 is 2.59 bits per heavy atom. The number of pyridine rings is 1. The van der Waals surface area contributed by atoms with Gasteiger partial charge in [-0.15, -0.1) is 0 Å². The van der Waals surface area contributed by atoms with E-state index in [0.717, 1.165) is 0 Å². The quantitative estimate of drug-likeness (QED) is 0.846. The first kappa shape index (κ1) is 16.3. The lowest BCUT2D eigenvalue weighted by Gasteiger charge is -2.08. The number of sulfonamides is 1. The third-order valence-electron chi connectivity index (χ3n) is 2.63. The van der Waals surface area contributed by atoms with Crippen molar-refractivity contribution < 1.29 is 17.9 Å². The molecule has 6 nitrogen and oxygen atoms in total. The lowest BCUT2D eigenvalue weighted by atomic mass is 10.3. The lowest BCUT2D eigenvalue weighted by molar-refractivity contribution is 0.0526. The molecule has 0 aliphatic rings. The predicted octanol–water partition coefficient (Wildman–Crippen LogP) is 2.71. The van der Waals surface area contributed by atoms with Gasteiger partial charge in [-0.05, 0) is 43.3 Å². The Balaban J connectivity index is 2.24. The van der Waals surface area contributed by atoms with E-state index in [1.807, 2.05) is 0 Å². The summed E-state index contributed by atoms with van der Waals surface area (Å²) in [6, 6.07) is 8.44. The van der Waals surface area contributed by atoms with Crippen molar-refractivity contribution in [3.8, 4) is 0 Å². The highest BCUT2D eigenvalue weighted by molar-refractivity contribution is 7.92. The number of hydrogen-bond acceptors (Lipinski definition) is 5. The number of hydrogen-bond donors (Lipinski definition) is 1. The molecule has 0 atom stereocenters. The summed E-state index contributed by atoms with van der Waals surface area (Å²) in [6.07, 6.45) is 1.33. The molecule has 1 aromatic carbocycles. The molecule has 1 aromatic heterocycles. The number of aromatic nitrogens is 1. The molecule has 0 aliphatic carbocycles. The average molecular weight is 341 g/mol. The molecule has 0 unspecified atom stereocenters. The highest BCUT2D eigenvalue weighted by Gasteiger charge is 2.16. The van der Waals surface area contributed by atoms with Gasteiger partial charge < -0.3 is 4.74 Å². The zero-order valence-corrected chi connectivity index (χ0v) is 13.2. The summed E-state index contributed by atoms with van der Waals surface area (Å²) < 4.78 is 31.6. The van der Waals surface area contributed by atoms with Gasteiger partial charge in [-0.1, -0.05) is 11.6 Å². The number of ether oxygens (including phenoxy) is 1. The summed E-state index contributed by atoms with van der Waals surface area (Å²) in [7, 11) is -3.81. The maximum atomic E-state index is 12.2. The minimum Gasteiger partial charge on any atom is -0.462 e. The maximum absolute atomic E-state index is 12.2. The molecule has 0 bridgehead atoms. The third-order valence-corrected chi connectivity index (χ3v) is 4.26. The van der Waals surface area contributed by atoms with Crippen LogP contribution in [0.25, 0.3) is 0 Å². The van der Waals surface area contributed by atoms with Gasteiger partial charge >= 0.3 is 5.97 Å². The van der Waals surface area contributed by atoms with Crippen LogP contribution < -0.4 is 4.72 Å². The van der Waals surface area contributed by atoms with Crippen LogP contribution >= 0.6 is 11.6 Å². The fraction of sp³-hybridized carbons (Fsp3) is 0.143. The van der Waals surface area contributed by atoms with E-state index in [9.17, 15) is 13.2 Å². The summed E-state index contributed by atoms with van der Waals surface area (Å²) in [5.41, 5.74) is 0.214. The standard InChI is InChI=1S/C14H13ClN2O4S/c1-2-21-14(18)10-7-8-16-13(9-10)17-22(19,20)12-5-3-11(15)4-6-12/h3-9H,2H2,1H3,(H,16,17). The number of rotatable bonds is 5. The average Bonchev–Trinajstić information content (AvgIpc) is 2.48. The van der Waals surface area contributed by atoms with Gasteiger partial charge in [-0.2, -0.15) is 0 Å². The van der Waals surface area contributed by atoms with Crippen LogP contribution in [0.1, 0.15) is 17.3 Å². The first-order valence-corrected chi connectivity index (χ1v) is 8.20. The second kappa shape index (κ2) is 6.76. The number of esters is 1. The molecular weight excluding hydrogens is 328 g/mol. The van der Waals surface area contributed by atoms with E-state index in [4.69, 9.17) is 16.3 Å². The van der Waals surface area contributed by atoms with Gasteiger partial charge in [0, 0.05) is 11.2 Å². The molecule has 0 aliphatic heterocycles. The Morgan fingerprint density at radius 1 is 1.27 bits per heavy atom. The Labute approximate surface area is 133 Å². The number of carbonyl (C=O) groups is 1. The molecule has 1 heterocycles. The fourth-order valence-corrected chi connectivity index (χ4v) is 2.76. The van der Waals surface area contributed by atoms with Crippen LogP contribution in [0.15, 0.2) is 47.5 Å². The summed E-state index contributed by atoms with van der Waals surface area (Å²) >= 11 is 5.73. The van der Waals surface area contributed by atoms with Crippen LogP contribution in [0.4, 0.5) is 5.82 Å². The molecule has 0 radical (unpaired) electrons. The van der Waals surface area contributed by atoms with Crippen molar-refractivity contribution in [2.24, 2.45) is 0 Å². The molecule has 2 aromatic rings. The van der Waals surface area contributed by atoms with Crippen LogP contribution in [-0.4, -0.2) is 26.0 Å². The van der Waals surface area contributed by atoms with Gasteiger partial charge in [-0.3, -0.25) is 4.72 Å². The zero-order valence-electron chi connectivity index (χ0n) is 11.6. The largest absolute Gasteiger partial charge is 0.462 e. The first-order chi connectivity index (χ1) is 10.4. The van der Waals surface area contributed by atoms with E-state index in [1.165, 1.54) is 42.6 Å². The lowest BCUT2D eigenvalue weighted by Crippen LogP contribution is -2.14. The van der Waals surface area contributed by atoms with Crippen LogP contribution in [-0.2, 0) is 14.8 Å². The van der Waals surface area contributed by atoms with Gasteiger partial charge in [0.25, 0.3) is 10.0 Å². The van der Waals surface area contributed by atoms with Gasteiger partial charge in [0.1, 0.15) is 5.82 Å². The van der Waals surface area contributed by atoms with E-state index in [0.29, 0.717) is 5.02 Å². The molecule has 2 rings (SSSR count). The minimum atomic E-state index is -3.81. The highest BCUT2D eigenvalue weighted by Crippen LogP contribution is 2.18. The third kappa shape index (κ3) is 3.96. The topological polar surface area (TPSA) is 85.4 Å². The summed E-state index contributed by atoms with van der Waals surface area (Å²) in [6.45, 7) is 1.91. The predicted molar refractivity (Wildman–Crippen MR) is 82.5 cm³/mol. The molecule has 22 heavy (non-hydrogen) atoms. The SMILES string of the molecule is CCOC(=O)c1ccnc(NS(=O)(=O)c2ccc(Cl)cc2)c1. The summed E-state index contributed by atoms with van der Waals surface area (Å²) in [5.74, 6) is -0.516. The molecule has 8 heteroatoms. The van der Waals surface area contributed by atoms with Crippen molar-refractivity contribution in [1.82, 2.24) is 4.98 Å². The van der Waals surface area contributed by atoms with Crippen LogP contribution in [0.5, 0.6) is 0 Å². The Kier molecular flexibility index (Phi) is 4.99. The molecule has 116 valence electrons. The van der Waals surface area contributed by atoms with Crippen LogP contribution in [0.2, 0.25) is 5.02 Å². The molecule has 0 amide bonds. The highest BCUT2D eigenvalue weighted by atomic mass is 35.5. The van der Waals surface area contributed by atoms with Crippen molar-refractivity contribution in [3.63, 3.8) is 0 Å². The number of anilines is 1. The van der Waals surface area contributed by atoms with Crippen molar-refractivity contribution in [2.45, 2.75) is 11.8 Å². The number of carbonyl (C=O) groups excluding carboxylic acids is 1. The van der Waals surface area contributed by atoms with E-state index in [2.05, 4.69) is 9.71 Å². The minimum absolute atomic E-state index is 0.0282. The Bertz CT molecular complexity index is 776. The van der Waals surface area contributed by atoms with Gasteiger partial charge in [-0.25, -0.2) is 18.2 Å². The maximum Gasteiger partial charge on any atom is 0.338 e. The van der Waals surface area contributed by atoms with Crippen LogP contribution in [0.3, 0.4) is 0 Å². The zero-order chi connectivity index (χ0) is 16.2. The van der Waals surface area contributed by atoms with Crippen molar-refractivity contribution in [3.05, 3.63) is 53.2 Å². The Morgan fingerprint density at radius 2 is 1.95 bits per heavy atom. The molecule has 0 spiro atoms. The van der Waals surface area contributed by atoms with Crippen molar-refractivity contribution in [1.29, 1.82) is 0 Å². The molecular formula is C14H13ClN2O4S. The van der Waals surface area contributed by atoms with E-state index >= 15 is 0 Å².